The Morgan fingerprint density at radius 1 is 1.30 bits per heavy atom. The average molecular weight is 284 g/mol. The molecule has 1 aliphatic carbocycles. The van der Waals surface area contributed by atoms with Gasteiger partial charge < -0.3 is 15.0 Å². The van der Waals surface area contributed by atoms with Crippen molar-refractivity contribution in [3.63, 3.8) is 0 Å². The van der Waals surface area contributed by atoms with Crippen molar-refractivity contribution in [1.29, 1.82) is 0 Å². The minimum atomic E-state index is -0.551. The number of ether oxygens (including phenoxy) is 1. The Labute approximate surface area is 124 Å². The molecule has 0 radical (unpaired) electrons. The van der Waals surface area contributed by atoms with Crippen molar-refractivity contribution < 1.29 is 9.53 Å². The zero-order chi connectivity index (χ0) is 15.0. The number of hydrogen-bond acceptors (Lipinski definition) is 4. The van der Waals surface area contributed by atoms with Crippen LogP contribution in [0.15, 0.2) is 0 Å². The van der Waals surface area contributed by atoms with E-state index in [4.69, 9.17) is 4.74 Å². The van der Waals surface area contributed by atoms with E-state index in [2.05, 4.69) is 24.1 Å². The third-order valence-corrected chi connectivity index (χ3v) is 4.16. The first-order valence-electron chi connectivity index (χ1n) is 8.14. The van der Waals surface area contributed by atoms with Gasteiger partial charge in [-0.05, 0) is 52.1 Å². The maximum Gasteiger partial charge on any atom is 0.325 e. The fourth-order valence-corrected chi connectivity index (χ4v) is 2.53. The standard InChI is InChI=1S/C16H32N2O2/c1-5-7-12-18(14-8-9-14)13-10-16(3,15(19)20-4)17-11-6-2/h14,17H,5-13H2,1-4H3. The highest BCUT2D eigenvalue weighted by Crippen LogP contribution is 2.28. The smallest absolute Gasteiger partial charge is 0.325 e. The second kappa shape index (κ2) is 8.63. The summed E-state index contributed by atoms with van der Waals surface area (Å²) in [6.07, 6.45) is 6.95. The Balaban J connectivity index is 2.52. The number of carbonyl (C=O) groups excluding carboxylic acids is 1. The van der Waals surface area contributed by atoms with Crippen LogP contribution >= 0.6 is 0 Å². The number of nitrogens with zero attached hydrogens (tertiary/aromatic N) is 1. The van der Waals surface area contributed by atoms with Crippen LogP contribution in [0.1, 0.15) is 59.3 Å². The van der Waals surface area contributed by atoms with Crippen molar-refractivity contribution in [2.75, 3.05) is 26.7 Å². The van der Waals surface area contributed by atoms with Crippen LogP contribution in [0.2, 0.25) is 0 Å². The van der Waals surface area contributed by atoms with E-state index in [-0.39, 0.29) is 5.97 Å². The van der Waals surface area contributed by atoms with Gasteiger partial charge in [-0.3, -0.25) is 4.79 Å². The maximum atomic E-state index is 12.0. The molecule has 0 saturated heterocycles. The Hall–Kier alpha value is -0.610. The first-order valence-corrected chi connectivity index (χ1v) is 8.14. The van der Waals surface area contributed by atoms with Gasteiger partial charge in [0.1, 0.15) is 5.54 Å². The molecule has 0 amide bonds. The van der Waals surface area contributed by atoms with E-state index >= 15 is 0 Å². The molecule has 0 bridgehead atoms. The van der Waals surface area contributed by atoms with Crippen molar-refractivity contribution in [1.82, 2.24) is 10.2 Å². The molecule has 0 aromatic heterocycles. The molecule has 20 heavy (non-hydrogen) atoms. The lowest BCUT2D eigenvalue weighted by molar-refractivity contribution is -0.148. The molecule has 4 heteroatoms. The van der Waals surface area contributed by atoms with E-state index in [1.807, 2.05) is 6.92 Å². The van der Waals surface area contributed by atoms with E-state index in [1.165, 1.54) is 32.8 Å². The van der Waals surface area contributed by atoms with Crippen molar-refractivity contribution in [3.8, 4) is 0 Å². The van der Waals surface area contributed by atoms with E-state index in [0.29, 0.717) is 0 Å². The third-order valence-electron chi connectivity index (χ3n) is 4.16. The lowest BCUT2D eigenvalue weighted by atomic mass is 9.97. The molecule has 0 heterocycles. The molecule has 118 valence electrons. The van der Waals surface area contributed by atoms with E-state index < -0.39 is 5.54 Å². The third kappa shape index (κ3) is 5.41. The second-order valence-electron chi connectivity index (χ2n) is 6.12. The molecule has 1 atom stereocenters. The van der Waals surface area contributed by atoms with Crippen LogP contribution in [0.3, 0.4) is 0 Å². The Morgan fingerprint density at radius 3 is 2.50 bits per heavy atom. The molecule has 1 unspecified atom stereocenters. The second-order valence-corrected chi connectivity index (χ2v) is 6.12. The largest absolute Gasteiger partial charge is 0.468 e. The van der Waals surface area contributed by atoms with Crippen LogP contribution in [0.5, 0.6) is 0 Å². The van der Waals surface area contributed by atoms with Gasteiger partial charge >= 0.3 is 5.97 Å². The highest BCUT2D eigenvalue weighted by molar-refractivity contribution is 5.80. The summed E-state index contributed by atoms with van der Waals surface area (Å²) in [5.41, 5.74) is -0.551. The molecule has 0 aromatic carbocycles. The summed E-state index contributed by atoms with van der Waals surface area (Å²) in [7, 11) is 1.48. The Kier molecular flexibility index (Phi) is 7.52. The Bertz CT molecular complexity index is 292. The van der Waals surface area contributed by atoms with Crippen LogP contribution in [-0.2, 0) is 9.53 Å². The number of carbonyl (C=O) groups is 1. The lowest BCUT2D eigenvalue weighted by Gasteiger charge is -2.31. The van der Waals surface area contributed by atoms with E-state index in [1.54, 1.807) is 0 Å². The van der Waals surface area contributed by atoms with Crippen molar-refractivity contribution in [2.45, 2.75) is 70.9 Å². The first-order chi connectivity index (χ1) is 9.57. The highest BCUT2D eigenvalue weighted by atomic mass is 16.5. The van der Waals surface area contributed by atoms with Gasteiger partial charge in [-0.2, -0.15) is 0 Å². The van der Waals surface area contributed by atoms with Crippen LogP contribution in [-0.4, -0.2) is 49.2 Å². The van der Waals surface area contributed by atoms with Gasteiger partial charge in [-0.15, -0.1) is 0 Å². The number of nitrogens with one attached hydrogen (secondary N) is 1. The summed E-state index contributed by atoms with van der Waals surface area (Å²) in [5.74, 6) is -0.141. The summed E-state index contributed by atoms with van der Waals surface area (Å²) < 4.78 is 4.98. The topological polar surface area (TPSA) is 41.6 Å². The normalized spacial score (nSPS) is 18.1. The summed E-state index contributed by atoms with van der Waals surface area (Å²) >= 11 is 0. The molecular formula is C16H32N2O2. The molecule has 0 aromatic rings. The first kappa shape index (κ1) is 17.4. The number of esters is 1. The average Bonchev–Trinajstić information content (AvgIpc) is 3.28. The number of rotatable bonds is 11. The SMILES string of the molecule is CCCCN(CCC(C)(NCCC)C(=O)OC)C1CC1. The zero-order valence-electron chi connectivity index (χ0n) is 13.7. The molecular weight excluding hydrogens is 252 g/mol. The maximum absolute atomic E-state index is 12.0. The van der Waals surface area contributed by atoms with Crippen molar-refractivity contribution >= 4 is 5.97 Å². The molecule has 1 rings (SSSR count). The van der Waals surface area contributed by atoms with Gasteiger partial charge in [0, 0.05) is 12.6 Å². The van der Waals surface area contributed by atoms with Gasteiger partial charge in [0.2, 0.25) is 0 Å². The fourth-order valence-electron chi connectivity index (χ4n) is 2.53. The van der Waals surface area contributed by atoms with Gasteiger partial charge in [0.15, 0.2) is 0 Å². The quantitative estimate of drug-likeness (QED) is 0.592. The summed E-state index contributed by atoms with van der Waals surface area (Å²) in [6, 6.07) is 0.759. The molecule has 1 saturated carbocycles. The summed E-state index contributed by atoms with van der Waals surface area (Å²) in [5, 5.41) is 3.37. The summed E-state index contributed by atoms with van der Waals surface area (Å²) in [6.45, 7) is 9.30. The molecule has 0 spiro atoms. The van der Waals surface area contributed by atoms with Crippen molar-refractivity contribution in [3.05, 3.63) is 0 Å². The predicted molar refractivity (Wildman–Crippen MR) is 82.8 cm³/mol. The number of hydrogen-bond donors (Lipinski definition) is 1. The highest BCUT2D eigenvalue weighted by Gasteiger charge is 2.36. The fraction of sp³-hybridized carbons (Fsp3) is 0.938. The summed E-state index contributed by atoms with van der Waals surface area (Å²) in [4.78, 5) is 14.6. The van der Waals surface area contributed by atoms with Crippen LogP contribution < -0.4 is 5.32 Å². The molecule has 4 nitrogen and oxygen atoms in total. The number of unbranched alkanes of at least 4 members (excludes halogenated alkanes) is 1. The Morgan fingerprint density at radius 2 is 2.00 bits per heavy atom. The van der Waals surface area contributed by atoms with Crippen LogP contribution in [0.4, 0.5) is 0 Å². The van der Waals surface area contributed by atoms with Gasteiger partial charge in [-0.1, -0.05) is 20.3 Å². The van der Waals surface area contributed by atoms with Crippen molar-refractivity contribution in [2.24, 2.45) is 0 Å². The molecule has 1 N–H and O–H groups in total. The lowest BCUT2D eigenvalue weighted by Crippen LogP contribution is -2.52. The molecule has 0 aliphatic heterocycles. The van der Waals surface area contributed by atoms with Gasteiger partial charge in [0.05, 0.1) is 7.11 Å². The van der Waals surface area contributed by atoms with Gasteiger partial charge in [0.25, 0.3) is 0 Å². The van der Waals surface area contributed by atoms with Gasteiger partial charge in [-0.25, -0.2) is 0 Å². The van der Waals surface area contributed by atoms with E-state index in [0.717, 1.165) is 38.5 Å². The monoisotopic (exact) mass is 284 g/mol. The molecule has 1 fully saturated rings. The van der Waals surface area contributed by atoms with Crippen LogP contribution in [0.25, 0.3) is 0 Å². The van der Waals surface area contributed by atoms with Crippen LogP contribution in [0, 0.1) is 0 Å². The minimum absolute atomic E-state index is 0.141. The zero-order valence-corrected chi connectivity index (χ0v) is 13.7. The minimum Gasteiger partial charge on any atom is -0.468 e. The molecule has 1 aliphatic rings. The number of methoxy groups -OCH3 is 1. The predicted octanol–water partition coefficient (Wildman–Crippen LogP) is 2.57. The van der Waals surface area contributed by atoms with E-state index in [9.17, 15) is 4.79 Å².